The summed E-state index contributed by atoms with van der Waals surface area (Å²) in [5.74, 6) is 2.21. The molecule has 0 aromatic rings. The first-order valence-electron chi connectivity index (χ1n) is 3.06. The summed E-state index contributed by atoms with van der Waals surface area (Å²) < 4.78 is 0. The van der Waals surface area contributed by atoms with Crippen molar-refractivity contribution < 1.29 is 0 Å². The molecule has 1 atom stereocenters. The molecule has 1 radical (unpaired) electrons. The molecule has 0 amide bonds. The van der Waals surface area contributed by atoms with Crippen LogP contribution in [0, 0.1) is 0 Å². The Balaban J connectivity index is 2.72. The van der Waals surface area contributed by atoms with Gasteiger partial charge in [0.25, 0.3) is 0 Å². The minimum atomic E-state index is 0.117. The summed E-state index contributed by atoms with van der Waals surface area (Å²) in [6, 6.07) is 0.117. The zero-order valence-corrected chi connectivity index (χ0v) is 6.42. The normalized spacial score (nSPS) is 13.9. The van der Waals surface area contributed by atoms with Crippen LogP contribution in [0.3, 0.4) is 0 Å². The summed E-state index contributed by atoms with van der Waals surface area (Å²) in [7, 11) is 0. The molecule has 0 aromatic heterocycles. The van der Waals surface area contributed by atoms with Gasteiger partial charge in [-0.25, -0.2) is 0 Å². The van der Waals surface area contributed by atoms with Crippen molar-refractivity contribution in [1.29, 1.82) is 0 Å². The predicted molar refractivity (Wildman–Crippen MR) is 40.2 cm³/mol. The number of rotatable bonds is 4. The maximum Gasteiger partial charge on any atom is 0.0275 e. The molecule has 1 N–H and O–H groups in total. The van der Waals surface area contributed by atoms with Crippen molar-refractivity contribution in [1.82, 2.24) is 5.73 Å². The fraction of sp³-hybridized carbons (Fsp3) is 1.00. The van der Waals surface area contributed by atoms with Crippen LogP contribution >= 0.6 is 11.8 Å². The van der Waals surface area contributed by atoms with Gasteiger partial charge in [-0.2, -0.15) is 11.8 Å². The van der Waals surface area contributed by atoms with E-state index in [1.165, 1.54) is 12.2 Å². The van der Waals surface area contributed by atoms with Crippen molar-refractivity contribution in [3.63, 3.8) is 0 Å². The van der Waals surface area contributed by atoms with E-state index in [-0.39, 0.29) is 6.04 Å². The molecule has 0 aliphatic carbocycles. The van der Waals surface area contributed by atoms with Crippen LogP contribution in [0.25, 0.3) is 0 Å². The van der Waals surface area contributed by atoms with Crippen molar-refractivity contribution in [2.45, 2.75) is 26.3 Å². The summed E-state index contributed by atoms with van der Waals surface area (Å²) in [6.45, 7) is 4.10. The molecule has 0 fully saturated rings. The lowest BCUT2D eigenvalue weighted by Gasteiger charge is -2.00. The highest BCUT2D eigenvalue weighted by Gasteiger charge is 1.91. The van der Waals surface area contributed by atoms with Gasteiger partial charge in [-0.05, 0) is 19.1 Å². The minimum Gasteiger partial charge on any atom is -0.254 e. The van der Waals surface area contributed by atoms with E-state index in [1.807, 2.05) is 18.7 Å². The first-order chi connectivity index (χ1) is 3.77. The Hall–Kier alpha value is 0.310. The maximum absolute atomic E-state index is 7.14. The van der Waals surface area contributed by atoms with Gasteiger partial charge in [0.2, 0.25) is 0 Å². The van der Waals surface area contributed by atoms with Gasteiger partial charge in [-0.3, -0.25) is 5.73 Å². The van der Waals surface area contributed by atoms with E-state index in [1.54, 1.807) is 0 Å². The lowest BCUT2D eigenvalue weighted by molar-refractivity contribution is 0.816. The average Bonchev–Trinajstić information content (AvgIpc) is 1.66. The molecular formula is C6H14NS. The molecule has 0 aliphatic heterocycles. The second-order valence-corrected chi connectivity index (χ2v) is 3.13. The number of nitrogens with one attached hydrogen (secondary N) is 1. The second kappa shape index (κ2) is 5.45. The van der Waals surface area contributed by atoms with Crippen LogP contribution in [0.5, 0.6) is 0 Å². The zero-order valence-electron chi connectivity index (χ0n) is 5.61. The Morgan fingerprint density at radius 1 is 1.62 bits per heavy atom. The fourth-order valence-electron chi connectivity index (χ4n) is 0.404. The molecule has 0 aliphatic rings. The summed E-state index contributed by atoms with van der Waals surface area (Å²) in [5.41, 5.74) is 7.14. The Morgan fingerprint density at radius 2 is 2.25 bits per heavy atom. The van der Waals surface area contributed by atoms with Gasteiger partial charge in [0.1, 0.15) is 0 Å². The Morgan fingerprint density at radius 3 is 2.62 bits per heavy atom. The topological polar surface area (TPSA) is 23.8 Å². The van der Waals surface area contributed by atoms with Crippen LogP contribution in [0.15, 0.2) is 0 Å². The predicted octanol–water partition coefficient (Wildman–Crippen LogP) is 1.80. The van der Waals surface area contributed by atoms with Gasteiger partial charge >= 0.3 is 0 Å². The Bertz CT molecular complexity index is 45.8. The van der Waals surface area contributed by atoms with Gasteiger partial charge in [-0.15, -0.1) is 0 Å². The van der Waals surface area contributed by atoms with E-state index in [0.29, 0.717) is 0 Å². The van der Waals surface area contributed by atoms with E-state index in [2.05, 4.69) is 6.92 Å². The highest BCUT2D eigenvalue weighted by molar-refractivity contribution is 7.99. The standard InChI is InChI=1S/C6H14NS/c1-3-4-8-5-6(2)7/h6-7H,3-5H2,1-2H3. The lowest BCUT2D eigenvalue weighted by atomic mass is 10.4. The van der Waals surface area contributed by atoms with Gasteiger partial charge in [0, 0.05) is 11.8 Å². The van der Waals surface area contributed by atoms with Gasteiger partial charge in [-0.1, -0.05) is 6.92 Å². The van der Waals surface area contributed by atoms with Gasteiger partial charge < -0.3 is 0 Å². The minimum absolute atomic E-state index is 0.117. The fourth-order valence-corrected chi connectivity index (χ4v) is 1.21. The van der Waals surface area contributed by atoms with Crippen molar-refractivity contribution in [3.8, 4) is 0 Å². The molecular weight excluding hydrogens is 118 g/mol. The zero-order chi connectivity index (χ0) is 6.41. The highest BCUT2D eigenvalue weighted by Crippen LogP contribution is 2.02. The lowest BCUT2D eigenvalue weighted by Crippen LogP contribution is -2.05. The summed E-state index contributed by atoms with van der Waals surface area (Å²) in [4.78, 5) is 0. The van der Waals surface area contributed by atoms with E-state index in [4.69, 9.17) is 5.73 Å². The van der Waals surface area contributed by atoms with E-state index >= 15 is 0 Å². The molecule has 0 heterocycles. The quantitative estimate of drug-likeness (QED) is 0.535. The molecule has 49 valence electrons. The summed E-state index contributed by atoms with van der Waals surface area (Å²) >= 11 is 1.87. The molecule has 0 saturated carbocycles. The van der Waals surface area contributed by atoms with Crippen molar-refractivity contribution in [2.24, 2.45) is 0 Å². The molecule has 8 heavy (non-hydrogen) atoms. The van der Waals surface area contributed by atoms with E-state index in [9.17, 15) is 0 Å². The molecule has 1 nitrogen and oxygen atoms in total. The second-order valence-electron chi connectivity index (χ2n) is 1.98. The first-order valence-corrected chi connectivity index (χ1v) is 4.21. The van der Waals surface area contributed by atoms with Crippen molar-refractivity contribution in [2.75, 3.05) is 11.5 Å². The number of hydrogen-bond acceptors (Lipinski definition) is 1. The van der Waals surface area contributed by atoms with E-state index in [0.717, 1.165) is 5.75 Å². The van der Waals surface area contributed by atoms with Crippen LogP contribution in [-0.2, 0) is 0 Å². The maximum atomic E-state index is 7.14. The Labute approximate surface area is 56.0 Å². The number of thioether (sulfide) groups is 1. The third-order valence-corrected chi connectivity index (χ3v) is 2.15. The molecule has 0 rings (SSSR count). The first kappa shape index (κ1) is 8.31. The third kappa shape index (κ3) is 6.31. The monoisotopic (exact) mass is 132 g/mol. The summed E-state index contributed by atoms with van der Waals surface area (Å²) in [5, 5.41) is 0. The van der Waals surface area contributed by atoms with Crippen molar-refractivity contribution >= 4 is 11.8 Å². The van der Waals surface area contributed by atoms with E-state index < -0.39 is 0 Å². The van der Waals surface area contributed by atoms with Crippen LogP contribution in [0.2, 0.25) is 0 Å². The molecule has 0 bridgehead atoms. The van der Waals surface area contributed by atoms with Crippen molar-refractivity contribution in [3.05, 3.63) is 0 Å². The van der Waals surface area contributed by atoms with Crippen LogP contribution in [0.1, 0.15) is 20.3 Å². The molecule has 2 heteroatoms. The van der Waals surface area contributed by atoms with Gasteiger partial charge in [0.05, 0.1) is 0 Å². The molecule has 0 saturated heterocycles. The third-order valence-electron chi connectivity index (χ3n) is 0.716. The van der Waals surface area contributed by atoms with Crippen LogP contribution in [0.4, 0.5) is 0 Å². The molecule has 0 aromatic carbocycles. The average molecular weight is 132 g/mol. The molecule has 1 unspecified atom stereocenters. The largest absolute Gasteiger partial charge is 0.254 e. The Kier molecular flexibility index (Phi) is 5.66. The van der Waals surface area contributed by atoms with Crippen LogP contribution < -0.4 is 5.73 Å². The SMILES string of the molecule is CCCSCC(C)[NH]. The highest BCUT2D eigenvalue weighted by atomic mass is 32.2. The summed E-state index contributed by atoms with van der Waals surface area (Å²) in [6.07, 6.45) is 1.23. The van der Waals surface area contributed by atoms with Gasteiger partial charge in [0.15, 0.2) is 0 Å². The number of hydrogen-bond donors (Lipinski definition) is 0. The van der Waals surface area contributed by atoms with Crippen LogP contribution in [-0.4, -0.2) is 17.5 Å². The molecule has 0 spiro atoms. The smallest absolute Gasteiger partial charge is 0.0275 e.